The number of halogens is 1. The molecule has 1 aromatic carbocycles. The van der Waals surface area contributed by atoms with Gasteiger partial charge in [0.25, 0.3) is 0 Å². The Morgan fingerprint density at radius 1 is 1.15 bits per heavy atom. The molecular formula is C16H18ClNO2. The maximum atomic E-state index is 6.45. The number of nitrogens with zero attached hydrogens (tertiary/aromatic N) is 1. The zero-order chi connectivity index (χ0) is 14.1. The van der Waals surface area contributed by atoms with Crippen molar-refractivity contribution in [2.45, 2.75) is 26.1 Å². The monoisotopic (exact) mass is 291 g/mol. The van der Waals surface area contributed by atoms with E-state index in [0.717, 1.165) is 35.1 Å². The van der Waals surface area contributed by atoms with Crippen LogP contribution in [0.1, 0.15) is 13.8 Å². The first-order valence-electron chi connectivity index (χ1n) is 6.87. The lowest BCUT2D eigenvalue weighted by molar-refractivity contribution is -0.00520. The number of hydrogen-bond acceptors (Lipinski definition) is 3. The van der Waals surface area contributed by atoms with E-state index in [-0.39, 0.29) is 12.2 Å². The number of hydrogen-bond donors (Lipinski definition) is 0. The van der Waals surface area contributed by atoms with Gasteiger partial charge in [0.05, 0.1) is 29.2 Å². The molecule has 106 valence electrons. The first kappa shape index (κ1) is 13.5. The van der Waals surface area contributed by atoms with Crippen molar-refractivity contribution < 1.29 is 9.15 Å². The van der Waals surface area contributed by atoms with Crippen molar-refractivity contribution in [2.24, 2.45) is 0 Å². The van der Waals surface area contributed by atoms with Crippen LogP contribution in [-0.2, 0) is 4.74 Å². The normalized spacial score (nSPS) is 23.1. The highest BCUT2D eigenvalue weighted by molar-refractivity contribution is 6.33. The molecule has 0 radical (unpaired) electrons. The quantitative estimate of drug-likeness (QED) is 0.829. The Hall–Kier alpha value is -1.45. The highest BCUT2D eigenvalue weighted by Gasteiger charge is 2.23. The molecule has 0 spiro atoms. The SMILES string of the molecule is CC1CN(c2ccc(-c3ccco3)cc2Cl)CC(C)O1. The number of anilines is 1. The van der Waals surface area contributed by atoms with E-state index in [9.17, 15) is 0 Å². The fraction of sp³-hybridized carbons (Fsp3) is 0.375. The van der Waals surface area contributed by atoms with Crippen molar-refractivity contribution in [3.8, 4) is 11.3 Å². The second-order valence-corrected chi connectivity index (χ2v) is 5.71. The van der Waals surface area contributed by atoms with Crippen molar-refractivity contribution in [3.63, 3.8) is 0 Å². The molecule has 0 saturated carbocycles. The Kier molecular flexibility index (Phi) is 3.72. The minimum Gasteiger partial charge on any atom is -0.464 e. The van der Waals surface area contributed by atoms with E-state index in [1.807, 2.05) is 24.3 Å². The summed E-state index contributed by atoms with van der Waals surface area (Å²) < 4.78 is 11.2. The molecule has 0 amide bonds. The smallest absolute Gasteiger partial charge is 0.133 e. The summed E-state index contributed by atoms with van der Waals surface area (Å²) in [5, 5.41) is 0.750. The Balaban J connectivity index is 1.87. The molecule has 2 aromatic rings. The van der Waals surface area contributed by atoms with Crippen LogP contribution in [0.3, 0.4) is 0 Å². The van der Waals surface area contributed by atoms with Crippen LogP contribution in [0.5, 0.6) is 0 Å². The van der Waals surface area contributed by atoms with E-state index in [2.05, 4.69) is 24.8 Å². The van der Waals surface area contributed by atoms with Crippen LogP contribution in [-0.4, -0.2) is 25.3 Å². The first-order chi connectivity index (χ1) is 9.63. The Morgan fingerprint density at radius 3 is 2.50 bits per heavy atom. The summed E-state index contributed by atoms with van der Waals surface area (Å²) in [4.78, 5) is 2.28. The van der Waals surface area contributed by atoms with Crippen molar-refractivity contribution in [3.05, 3.63) is 41.6 Å². The van der Waals surface area contributed by atoms with Gasteiger partial charge in [0.15, 0.2) is 0 Å². The second-order valence-electron chi connectivity index (χ2n) is 5.31. The third-order valence-corrected chi connectivity index (χ3v) is 3.82. The summed E-state index contributed by atoms with van der Waals surface area (Å²) >= 11 is 6.45. The molecule has 0 bridgehead atoms. The van der Waals surface area contributed by atoms with E-state index in [1.54, 1.807) is 6.26 Å². The van der Waals surface area contributed by atoms with E-state index in [4.69, 9.17) is 20.8 Å². The molecule has 4 heteroatoms. The third kappa shape index (κ3) is 2.69. The van der Waals surface area contributed by atoms with Crippen LogP contribution in [0.15, 0.2) is 41.0 Å². The predicted molar refractivity (Wildman–Crippen MR) is 81.4 cm³/mol. The van der Waals surface area contributed by atoms with Gasteiger partial charge in [-0.25, -0.2) is 0 Å². The average molecular weight is 292 g/mol. The van der Waals surface area contributed by atoms with Gasteiger partial charge < -0.3 is 14.1 Å². The fourth-order valence-corrected chi connectivity index (χ4v) is 3.03. The number of morpholine rings is 1. The molecule has 1 aliphatic heterocycles. The summed E-state index contributed by atoms with van der Waals surface area (Å²) in [6, 6.07) is 9.88. The van der Waals surface area contributed by atoms with Crippen LogP contribution in [0.4, 0.5) is 5.69 Å². The van der Waals surface area contributed by atoms with Crippen molar-refractivity contribution in [2.75, 3.05) is 18.0 Å². The maximum Gasteiger partial charge on any atom is 0.133 e. The number of benzene rings is 1. The molecule has 0 aliphatic carbocycles. The third-order valence-electron chi connectivity index (χ3n) is 3.51. The standard InChI is InChI=1S/C16H18ClNO2/c1-11-9-18(10-12(2)20-11)15-6-5-13(8-14(15)17)16-4-3-7-19-16/h3-8,11-12H,9-10H2,1-2H3. The van der Waals surface area contributed by atoms with Crippen molar-refractivity contribution in [1.29, 1.82) is 0 Å². The Labute approximate surface area is 124 Å². The van der Waals surface area contributed by atoms with Crippen LogP contribution < -0.4 is 4.90 Å². The van der Waals surface area contributed by atoms with E-state index in [1.165, 1.54) is 0 Å². The molecule has 0 N–H and O–H groups in total. The fourth-order valence-electron chi connectivity index (χ4n) is 2.73. The van der Waals surface area contributed by atoms with Gasteiger partial charge in [-0.05, 0) is 44.2 Å². The zero-order valence-corrected chi connectivity index (χ0v) is 12.4. The zero-order valence-electron chi connectivity index (χ0n) is 11.7. The van der Waals surface area contributed by atoms with Crippen LogP contribution in [0.25, 0.3) is 11.3 Å². The first-order valence-corrected chi connectivity index (χ1v) is 7.25. The van der Waals surface area contributed by atoms with Crippen LogP contribution >= 0.6 is 11.6 Å². The molecule has 3 nitrogen and oxygen atoms in total. The van der Waals surface area contributed by atoms with Gasteiger partial charge in [-0.2, -0.15) is 0 Å². The molecule has 1 aromatic heterocycles. The van der Waals surface area contributed by atoms with E-state index < -0.39 is 0 Å². The summed E-state index contributed by atoms with van der Waals surface area (Å²) in [5.41, 5.74) is 2.06. The Bertz CT molecular complexity index is 572. The Morgan fingerprint density at radius 2 is 1.90 bits per heavy atom. The van der Waals surface area contributed by atoms with E-state index in [0.29, 0.717) is 0 Å². The molecule has 3 rings (SSSR count). The summed E-state index contributed by atoms with van der Waals surface area (Å²) in [6.07, 6.45) is 2.11. The van der Waals surface area contributed by atoms with Gasteiger partial charge >= 0.3 is 0 Å². The highest BCUT2D eigenvalue weighted by atomic mass is 35.5. The summed E-state index contributed by atoms with van der Waals surface area (Å²) in [7, 11) is 0. The van der Waals surface area contributed by atoms with Gasteiger partial charge in [0.1, 0.15) is 5.76 Å². The average Bonchev–Trinajstić information content (AvgIpc) is 2.91. The largest absolute Gasteiger partial charge is 0.464 e. The molecule has 2 unspecified atom stereocenters. The molecular weight excluding hydrogens is 274 g/mol. The highest BCUT2D eigenvalue weighted by Crippen LogP contribution is 2.32. The van der Waals surface area contributed by atoms with Gasteiger partial charge in [-0.1, -0.05) is 11.6 Å². The lowest BCUT2D eigenvalue weighted by atomic mass is 10.1. The second kappa shape index (κ2) is 5.51. The van der Waals surface area contributed by atoms with Crippen LogP contribution in [0, 0.1) is 0 Å². The lowest BCUT2D eigenvalue weighted by Gasteiger charge is -2.37. The summed E-state index contributed by atoms with van der Waals surface area (Å²) in [6.45, 7) is 5.91. The molecule has 1 saturated heterocycles. The minimum atomic E-state index is 0.222. The summed E-state index contributed by atoms with van der Waals surface area (Å²) in [5.74, 6) is 0.835. The molecule has 1 fully saturated rings. The van der Waals surface area contributed by atoms with Gasteiger partial charge in [0.2, 0.25) is 0 Å². The van der Waals surface area contributed by atoms with Gasteiger partial charge in [-0.3, -0.25) is 0 Å². The number of furan rings is 1. The molecule has 20 heavy (non-hydrogen) atoms. The lowest BCUT2D eigenvalue weighted by Crippen LogP contribution is -2.45. The topological polar surface area (TPSA) is 25.6 Å². The predicted octanol–water partition coefficient (Wildman–Crippen LogP) is 4.21. The molecule has 2 heterocycles. The van der Waals surface area contributed by atoms with Gasteiger partial charge in [0, 0.05) is 18.7 Å². The van der Waals surface area contributed by atoms with Gasteiger partial charge in [-0.15, -0.1) is 0 Å². The maximum absolute atomic E-state index is 6.45. The molecule has 1 aliphatic rings. The van der Waals surface area contributed by atoms with E-state index >= 15 is 0 Å². The molecule has 2 atom stereocenters. The van der Waals surface area contributed by atoms with Crippen molar-refractivity contribution in [1.82, 2.24) is 0 Å². The number of rotatable bonds is 2. The minimum absolute atomic E-state index is 0.222. The van der Waals surface area contributed by atoms with Crippen LogP contribution in [0.2, 0.25) is 5.02 Å². The number of ether oxygens (including phenoxy) is 1. The van der Waals surface area contributed by atoms with Crippen molar-refractivity contribution >= 4 is 17.3 Å².